The van der Waals surface area contributed by atoms with Crippen LogP contribution < -0.4 is 5.32 Å². The Balaban J connectivity index is 2.05. The van der Waals surface area contributed by atoms with E-state index in [-0.39, 0.29) is 12.1 Å². The summed E-state index contributed by atoms with van der Waals surface area (Å²) in [6, 6.07) is 8.04. The van der Waals surface area contributed by atoms with Crippen LogP contribution >= 0.6 is 0 Å². The molecule has 0 radical (unpaired) electrons. The number of nitrogens with one attached hydrogen (secondary N) is 1. The Bertz CT molecular complexity index is 575. The monoisotopic (exact) mass is 247 g/mol. The molecule has 0 aliphatic rings. The highest BCUT2D eigenvalue weighted by molar-refractivity contribution is 5.94. The molecule has 0 bridgehead atoms. The molecule has 0 aliphatic carbocycles. The molecule has 1 heterocycles. The van der Waals surface area contributed by atoms with Crippen LogP contribution in [-0.4, -0.2) is 5.91 Å². The molecule has 94 valence electrons. The van der Waals surface area contributed by atoms with Crippen molar-refractivity contribution in [2.45, 2.75) is 20.4 Å². The van der Waals surface area contributed by atoms with E-state index in [1.807, 2.05) is 19.9 Å². The van der Waals surface area contributed by atoms with Crippen LogP contribution in [-0.2, 0) is 6.54 Å². The summed E-state index contributed by atoms with van der Waals surface area (Å²) < 4.78 is 18.8. The van der Waals surface area contributed by atoms with Crippen LogP contribution in [0.1, 0.15) is 27.4 Å². The van der Waals surface area contributed by atoms with Gasteiger partial charge in [0.1, 0.15) is 17.3 Å². The topological polar surface area (TPSA) is 42.2 Å². The normalized spacial score (nSPS) is 10.4. The third kappa shape index (κ3) is 2.77. The first kappa shape index (κ1) is 12.4. The van der Waals surface area contributed by atoms with Crippen LogP contribution in [0.4, 0.5) is 4.39 Å². The molecule has 1 aromatic carbocycles. The number of furan rings is 1. The second-order valence-electron chi connectivity index (χ2n) is 4.18. The Labute approximate surface area is 105 Å². The van der Waals surface area contributed by atoms with Gasteiger partial charge in [-0.1, -0.05) is 11.6 Å². The lowest BCUT2D eigenvalue weighted by molar-refractivity contribution is 0.0943. The molecule has 2 rings (SSSR count). The zero-order valence-corrected chi connectivity index (χ0v) is 10.3. The lowest BCUT2D eigenvalue weighted by atomic mass is 10.1. The van der Waals surface area contributed by atoms with Crippen LogP contribution in [0.3, 0.4) is 0 Å². The highest BCUT2D eigenvalue weighted by Crippen LogP contribution is 2.11. The van der Waals surface area contributed by atoms with Crippen molar-refractivity contribution in [3.05, 3.63) is 58.8 Å². The maximum Gasteiger partial charge on any atom is 0.254 e. The van der Waals surface area contributed by atoms with E-state index in [4.69, 9.17) is 4.42 Å². The van der Waals surface area contributed by atoms with Gasteiger partial charge in [-0.25, -0.2) is 4.39 Å². The Morgan fingerprint density at radius 1 is 1.28 bits per heavy atom. The van der Waals surface area contributed by atoms with Crippen LogP contribution in [0.2, 0.25) is 0 Å². The summed E-state index contributed by atoms with van der Waals surface area (Å²) in [5, 5.41) is 2.62. The Morgan fingerprint density at radius 3 is 2.72 bits per heavy atom. The zero-order valence-electron chi connectivity index (χ0n) is 10.3. The average molecular weight is 247 g/mol. The number of hydrogen-bond donors (Lipinski definition) is 1. The number of benzene rings is 1. The standard InChI is InChI=1S/C14H14FNO2/c1-9-3-6-13(15)12(7-9)14(17)16-8-11-5-4-10(2)18-11/h3-7H,8H2,1-2H3,(H,16,17). The quantitative estimate of drug-likeness (QED) is 0.906. The first-order valence-corrected chi connectivity index (χ1v) is 5.66. The van der Waals surface area contributed by atoms with E-state index >= 15 is 0 Å². The molecule has 0 unspecified atom stereocenters. The predicted molar refractivity (Wildman–Crippen MR) is 65.8 cm³/mol. The molecule has 18 heavy (non-hydrogen) atoms. The summed E-state index contributed by atoms with van der Waals surface area (Å²) in [4.78, 5) is 11.8. The average Bonchev–Trinajstić information content (AvgIpc) is 2.75. The highest BCUT2D eigenvalue weighted by Gasteiger charge is 2.11. The SMILES string of the molecule is Cc1ccc(F)c(C(=O)NCc2ccc(C)o2)c1. The van der Waals surface area contributed by atoms with Gasteiger partial charge in [-0.05, 0) is 38.1 Å². The van der Waals surface area contributed by atoms with Gasteiger partial charge in [0.15, 0.2) is 0 Å². The summed E-state index contributed by atoms with van der Waals surface area (Å²) >= 11 is 0. The zero-order chi connectivity index (χ0) is 13.1. The first-order chi connectivity index (χ1) is 8.56. The fourth-order valence-corrected chi connectivity index (χ4v) is 1.66. The third-order valence-electron chi connectivity index (χ3n) is 2.59. The number of carbonyl (C=O) groups excluding carboxylic acids is 1. The fraction of sp³-hybridized carbons (Fsp3) is 0.214. The largest absolute Gasteiger partial charge is 0.465 e. The van der Waals surface area contributed by atoms with E-state index in [9.17, 15) is 9.18 Å². The van der Waals surface area contributed by atoms with Gasteiger partial charge in [-0.15, -0.1) is 0 Å². The Hall–Kier alpha value is -2.10. The maximum atomic E-state index is 13.5. The second-order valence-corrected chi connectivity index (χ2v) is 4.18. The van der Waals surface area contributed by atoms with Gasteiger partial charge < -0.3 is 9.73 Å². The molecule has 1 amide bonds. The van der Waals surface area contributed by atoms with Gasteiger partial charge in [0.05, 0.1) is 12.1 Å². The van der Waals surface area contributed by atoms with Crippen molar-refractivity contribution in [2.24, 2.45) is 0 Å². The number of carbonyl (C=O) groups is 1. The van der Waals surface area contributed by atoms with Crippen molar-refractivity contribution in [3.8, 4) is 0 Å². The summed E-state index contributed by atoms with van der Waals surface area (Å²) in [5.41, 5.74) is 0.897. The molecule has 0 saturated carbocycles. The minimum absolute atomic E-state index is 0.0540. The summed E-state index contributed by atoms with van der Waals surface area (Å²) in [7, 11) is 0. The molecule has 3 nitrogen and oxygen atoms in total. The molecule has 4 heteroatoms. The molecule has 0 spiro atoms. The molecule has 1 aromatic heterocycles. The van der Waals surface area contributed by atoms with Gasteiger partial charge in [-0.2, -0.15) is 0 Å². The van der Waals surface area contributed by atoms with E-state index in [1.54, 1.807) is 12.1 Å². The molecule has 0 fully saturated rings. The van der Waals surface area contributed by atoms with Crippen molar-refractivity contribution < 1.29 is 13.6 Å². The molecule has 0 atom stereocenters. The van der Waals surface area contributed by atoms with E-state index in [0.29, 0.717) is 5.76 Å². The predicted octanol–water partition coefficient (Wildman–Crippen LogP) is 2.97. The Kier molecular flexibility index (Phi) is 3.46. The van der Waals surface area contributed by atoms with E-state index < -0.39 is 11.7 Å². The number of aryl methyl sites for hydroxylation is 2. The van der Waals surface area contributed by atoms with Crippen LogP contribution in [0.5, 0.6) is 0 Å². The summed E-state index contributed by atoms with van der Waals surface area (Å²) in [6.45, 7) is 3.89. The number of halogens is 1. The first-order valence-electron chi connectivity index (χ1n) is 5.66. The van der Waals surface area contributed by atoms with Crippen molar-refractivity contribution >= 4 is 5.91 Å². The number of hydrogen-bond acceptors (Lipinski definition) is 2. The van der Waals surface area contributed by atoms with Crippen molar-refractivity contribution in [1.82, 2.24) is 5.32 Å². The van der Waals surface area contributed by atoms with Crippen LogP contribution in [0, 0.1) is 19.7 Å². The third-order valence-corrected chi connectivity index (χ3v) is 2.59. The van der Waals surface area contributed by atoms with Gasteiger partial charge in [-0.3, -0.25) is 4.79 Å². The summed E-state index contributed by atoms with van der Waals surface area (Å²) in [6.07, 6.45) is 0. The van der Waals surface area contributed by atoms with Gasteiger partial charge >= 0.3 is 0 Å². The van der Waals surface area contributed by atoms with Crippen LogP contribution in [0.25, 0.3) is 0 Å². The minimum atomic E-state index is -0.520. The molecule has 0 saturated heterocycles. The molecular weight excluding hydrogens is 233 g/mol. The van der Waals surface area contributed by atoms with Gasteiger partial charge in [0, 0.05) is 0 Å². The number of rotatable bonds is 3. The summed E-state index contributed by atoms with van der Waals surface area (Å²) in [5.74, 6) is 0.467. The van der Waals surface area contributed by atoms with Gasteiger partial charge in [0.2, 0.25) is 0 Å². The van der Waals surface area contributed by atoms with Crippen molar-refractivity contribution in [2.75, 3.05) is 0 Å². The van der Waals surface area contributed by atoms with Crippen molar-refractivity contribution in [1.29, 1.82) is 0 Å². The van der Waals surface area contributed by atoms with E-state index in [0.717, 1.165) is 11.3 Å². The molecular formula is C14H14FNO2. The minimum Gasteiger partial charge on any atom is -0.465 e. The maximum absolute atomic E-state index is 13.5. The fourth-order valence-electron chi connectivity index (χ4n) is 1.66. The lowest BCUT2D eigenvalue weighted by Gasteiger charge is -2.05. The van der Waals surface area contributed by atoms with E-state index in [2.05, 4.69) is 5.32 Å². The molecule has 0 aliphatic heterocycles. The van der Waals surface area contributed by atoms with Crippen LogP contribution in [0.15, 0.2) is 34.7 Å². The highest BCUT2D eigenvalue weighted by atomic mass is 19.1. The van der Waals surface area contributed by atoms with Gasteiger partial charge in [0.25, 0.3) is 5.91 Å². The van der Waals surface area contributed by atoms with Crippen molar-refractivity contribution in [3.63, 3.8) is 0 Å². The van der Waals surface area contributed by atoms with E-state index in [1.165, 1.54) is 12.1 Å². The lowest BCUT2D eigenvalue weighted by Crippen LogP contribution is -2.23. The second kappa shape index (κ2) is 5.04. The molecule has 1 N–H and O–H groups in total. The number of amides is 1. The smallest absolute Gasteiger partial charge is 0.254 e. The Morgan fingerprint density at radius 2 is 2.06 bits per heavy atom. The molecule has 2 aromatic rings.